The van der Waals surface area contributed by atoms with Crippen LogP contribution in [0.2, 0.25) is 0 Å². The van der Waals surface area contributed by atoms with Crippen molar-refractivity contribution in [3.8, 4) is 11.5 Å². The van der Waals surface area contributed by atoms with Crippen LogP contribution in [0.25, 0.3) is 0 Å². The molecule has 29 heavy (non-hydrogen) atoms. The fourth-order valence-corrected chi connectivity index (χ4v) is 2.68. The molecule has 2 aromatic rings. The number of esters is 2. The molecule has 0 spiro atoms. The molecule has 0 heterocycles. The molecule has 0 aliphatic rings. The minimum atomic E-state index is -1.17. The summed E-state index contributed by atoms with van der Waals surface area (Å²) >= 11 is 0. The van der Waals surface area contributed by atoms with Crippen LogP contribution in [-0.2, 0) is 19.1 Å². The molecule has 154 valence electrons. The van der Waals surface area contributed by atoms with Crippen LogP contribution in [0.15, 0.2) is 48.5 Å². The largest absolute Gasteiger partial charge is 0.497 e. The van der Waals surface area contributed by atoms with E-state index in [2.05, 4.69) is 4.74 Å². The molecule has 0 amide bonds. The van der Waals surface area contributed by atoms with E-state index in [9.17, 15) is 14.4 Å². The molecule has 1 atom stereocenters. The number of hydrogen-bond donors (Lipinski definition) is 0. The van der Waals surface area contributed by atoms with Gasteiger partial charge < -0.3 is 18.9 Å². The van der Waals surface area contributed by atoms with Crippen LogP contribution in [-0.4, -0.2) is 39.1 Å². The van der Waals surface area contributed by atoms with Crippen molar-refractivity contribution >= 4 is 17.7 Å². The lowest BCUT2D eigenvalue weighted by molar-refractivity contribution is -0.147. The predicted molar refractivity (Wildman–Crippen MR) is 105 cm³/mol. The molecular formula is C22H24O7. The maximum absolute atomic E-state index is 13.1. The summed E-state index contributed by atoms with van der Waals surface area (Å²) < 4.78 is 20.6. The van der Waals surface area contributed by atoms with E-state index in [1.807, 2.05) is 0 Å². The molecule has 0 bridgehead atoms. The van der Waals surface area contributed by atoms with Gasteiger partial charge in [-0.15, -0.1) is 0 Å². The SMILES string of the molecule is COC(=O)CCCC(=O)OC(C(=O)c1ccccc1)c1cc(OC)cc(OC)c1. The van der Waals surface area contributed by atoms with E-state index < -0.39 is 18.0 Å². The Morgan fingerprint density at radius 3 is 1.97 bits per heavy atom. The zero-order valence-electron chi connectivity index (χ0n) is 16.7. The molecule has 0 aliphatic carbocycles. The number of hydrogen-bond acceptors (Lipinski definition) is 7. The number of carbonyl (C=O) groups is 3. The Labute approximate surface area is 169 Å². The van der Waals surface area contributed by atoms with Crippen molar-refractivity contribution in [2.75, 3.05) is 21.3 Å². The second-order valence-electron chi connectivity index (χ2n) is 6.18. The number of ether oxygens (including phenoxy) is 4. The van der Waals surface area contributed by atoms with Crippen molar-refractivity contribution < 1.29 is 33.3 Å². The van der Waals surface area contributed by atoms with Gasteiger partial charge in [-0.05, 0) is 18.6 Å². The highest BCUT2D eigenvalue weighted by Crippen LogP contribution is 2.31. The van der Waals surface area contributed by atoms with Gasteiger partial charge in [0.15, 0.2) is 6.10 Å². The third-order valence-electron chi connectivity index (χ3n) is 4.21. The topological polar surface area (TPSA) is 88.1 Å². The zero-order chi connectivity index (χ0) is 21.2. The number of benzene rings is 2. The van der Waals surface area contributed by atoms with Crippen LogP contribution in [0.5, 0.6) is 11.5 Å². The van der Waals surface area contributed by atoms with Gasteiger partial charge in [-0.3, -0.25) is 14.4 Å². The molecule has 0 N–H and O–H groups in total. The number of methoxy groups -OCH3 is 3. The smallest absolute Gasteiger partial charge is 0.306 e. The van der Waals surface area contributed by atoms with Crippen LogP contribution >= 0.6 is 0 Å². The quantitative estimate of drug-likeness (QED) is 0.445. The fourth-order valence-electron chi connectivity index (χ4n) is 2.68. The lowest BCUT2D eigenvalue weighted by Gasteiger charge is -2.19. The summed E-state index contributed by atoms with van der Waals surface area (Å²) in [5.41, 5.74) is 0.831. The van der Waals surface area contributed by atoms with Gasteiger partial charge in [0.2, 0.25) is 5.78 Å². The average Bonchev–Trinajstić information content (AvgIpc) is 2.76. The Morgan fingerprint density at radius 1 is 0.828 bits per heavy atom. The first-order valence-electron chi connectivity index (χ1n) is 9.07. The average molecular weight is 400 g/mol. The Balaban J connectivity index is 2.28. The molecule has 0 aromatic heterocycles. The molecule has 2 rings (SSSR count). The van der Waals surface area contributed by atoms with Crippen LogP contribution in [0.3, 0.4) is 0 Å². The highest BCUT2D eigenvalue weighted by molar-refractivity contribution is 6.01. The van der Waals surface area contributed by atoms with Crippen LogP contribution in [0.4, 0.5) is 0 Å². The standard InChI is InChI=1S/C22H24O7/c1-26-17-12-16(13-18(14-17)27-2)22(21(25)15-8-5-4-6-9-15)29-20(24)11-7-10-19(23)28-3/h4-6,8-9,12-14,22H,7,10-11H2,1-3H3. The van der Waals surface area contributed by atoms with E-state index in [1.54, 1.807) is 48.5 Å². The van der Waals surface area contributed by atoms with Crippen LogP contribution < -0.4 is 9.47 Å². The second kappa shape index (κ2) is 10.8. The van der Waals surface area contributed by atoms with Gasteiger partial charge in [-0.25, -0.2) is 0 Å². The minimum Gasteiger partial charge on any atom is -0.497 e. The third kappa shape index (κ3) is 6.34. The number of Topliss-reactive ketones (excluding diaryl/α,β-unsaturated/α-hetero) is 1. The van der Waals surface area contributed by atoms with Gasteiger partial charge in [-0.2, -0.15) is 0 Å². The molecular weight excluding hydrogens is 376 g/mol. The molecule has 2 aromatic carbocycles. The number of carbonyl (C=O) groups excluding carboxylic acids is 3. The lowest BCUT2D eigenvalue weighted by atomic mass is 9.99. The van der Waals surface area contributed by atoms with Crippen molar-refractivity contribution in [1.82, 2.24) is 0 Å². The Kier molecular flexibility index (Phi) is 8.21. The minimum absolute atomic E-state index is 0.0191. The maximum atomic E-state index is 13.1. The molecule has 0 fully saturated rings. The van der Waals surface area contributed by atoms with E-state index >= 15 is 0 Å². The van der Waals surface area contributed by atoms with Crippen LogP contribution in [0, 0.1) is 0 Å². The van der Waals surface area contributed by atoms with Crippen LogP contribution in [0.1, 0.15) is 41.3 Å². The Hall–Kier alpha value is -3.35. The highest BCUT2D eigenvalue weighted by Gasteiger charge is 2.27. The van der Waals surface area contributed by atoms with Crippen molar-refractivity contribution in [2.24, 2.45) is 0 Å². The van der Waals surface area contributed by atoms with Crippen molar-refractivity contribution in [3.63, 3.8) is 0 Å². The molecule has 0 saturated carbocycles. The molecule has 7 heteroatoms. The maximum Gasteiger partial charge on any atom is 0.306 e. The summed E-state index contributed by atoms with van der Waals surface area (Å²) in [4.78, 5) is 36.6. The lowest BCUT2D eigenvalue weighted by Crippen LogP contribution is -2.20. The molecule has 0 aliphatic heterocycles. The van der Waals surface area contributed by atoms with Crippen molar-refractivity contribution in [3.05, 3.63) is 59.7 Å². The van der Waals surface area contributed by atoms with E-state index in [0.717, 1.165) is 0 Å². The summed E-state index contributed by atoms with van der Waals surface area (Å²) in [6, 6.07) is 13.5. The second-order valence-corrected chi connectivity index (χ2v) is 6.18. The zero-order valence-corrected chi connectivity index (χ0v) is 16.7. The first kappa shape index (κ1) is 21.9. The third-order valence-corrected chi connectivity index (χ3v) is 4.21. The van der Waals surface area contributed by atoms with E-state index in [0.29, 0.717) is 22.6 Å². The molecule has 0 radical (unpaired) electrons. The Bertz CT molecular complexity index is 823. The van der Waals surface area contributed by atoms with E-state index in [-0.39, 0.29) is 25.0 Å². The van der Waals surface area contributed by atoms with E-state index in [4.69, 9.17) is 14.2 Å². The van der Waals surface area contributed by atoms with Gasteiger partial charge in [0.25, 0.3) is 0 Å². The summed E-state index contributed by atoms with van der Waals surface area (Å²) in [7, 11) is 4.27. The summed E-state index contributed by atoms with van der Waals surface area (Å²) in [5, 5.41) is 0. The summed E-state index contributed by atoms with van der Waals surface area (Å²) in [5.74, 6) is -0.446. The summed E-state index contributed by atoms with van der Waals surface area (Å²) in [6.07, 6.45) is -0.837. The van der Waals surface area contributed by atoms with Gasteiger partial charge >= 0.3 is 11.9 Å². The van der Waals surface area contributed by atoms with Gasteiger partial charge in [0.05, 0.1) is 21.3 Å². The van der Waals surface area contributed by atoms with Gasteiger partial charge in [0.1, 0.15) is 11.5 Å². The van der Waals surface area contributed by atoms with E-state index in [1.165, 1.54) is 21.3 Å². The van der Waals surface area contributed by atoms with Gasteiger partial charge in [-0.1, -0.05) is 30.3 Å². The first-order valence-corrected chi connectivity index (χ1v) is 9.07. The normalized spacial score (nSPS) is 11.3. The monoisotopic (exact) mass is 400 g/mol. The highest BCUT2D eigenvalue weighted by atomic mass is 16.5. The number of rotatable bonds is 10. The molecule has 0 saturated heterocycles. The predicted octanol–water partition coefficient (Wildman–Crippen LogP) is 3.51. The van der Waals surface area contributed by atoms with Crippen molar-refractivity contribution in [1.29, 1.82) is 0 Å². The fraction of sp³-hybridized carbons (Fsp3) is 0.318. The molecule has 1 unspecified atom stereocenters. The van der Waals surface area contributed by atoms with Crippen molar-refractivity contribution in [2.45, 2.75) is 25.4 Å². The summed E-state index contributed by atoms with van der Waals surface area (Å²) in [6.45, 7) is 0. The van der Waals surface area contributed by atoms with Gasteiger partial charge in [0, 0.05) is 30.0 Å². The Morgan fingerprint density at radius 2 is 1.41 bits per heavy atom. The number of ketones is 1. The first-order chi connectivity index (χ1) is 14.0. The molecule has 7 nitrogen and oxygen atoms in total.